The first-order valence-corrected chi connectivity index (χ1v) is 10.1. The third-order valence-corrected chi connectivity index (χ3v) is 6.28. The molecular weight excluding hydrogens is 344 g/mol. The van der Waals surface area contributed by atoms with Gasteiger partial charge in [-0.3, -0.25) is 9.69 Å². The Morgan fingerprint density at radius 2 is 1.96 bits per heavy atom. The minimum absolute atomic E-state index is 0.207. The van der Waals surface area contributed by atoms with Crippen LogP contribution < -0.4 is 9.64 Å². The van der Waals surface area contributed by atoms with Crippen LogP contribution >= 0.6 is 11.8 Å². The van der Waals surface area contributed by atoms with Crippen molar-refractivity contribution in [1.82, 2.24) is 4.90 Å². The van der Waals surface area contributed by atoms with Gasteiger partial charge in [-0.1, -0.05) is 24.3 Å². The number of amides is 1. The van der Waals surface area contributed by atoms with Gasteiger partial charge in [0, 0.05) is 23.2 Å². The Kier molecular flexibility index (Phi) is 5.18. The van der Waals surface area contributed by atoms with Gasteiger partial charge in [-0.2, -0.15) is 0 Å². The molecule has 0 aliphatic carbocycles. The zero-order valence-corrected chi connectivity index (χ0v) is 15.9. The largest absolute Gasteiger partial charge is 0.497 e. The first-order chi connectivity index (χ1) is 12.8. The fourth-order valence-corrected chi connectivity index (χ4v) is 4.90. The number of likely N-dealkylation sites (tertiary alicyclic amines) is 1. The summed E-state index contributed by atoms with van der Waals surface area (Å²) in [6, 6.07) is 16.8. The van der Waals surface area contributed by atoms with Gasteiger partial charge in [0.1, 0.15) is 5.75 Å². The molecule has 2 heterocycles. The van der Waals surface area contributed by atoms with E-state index in [9.17, 15) is 4.79 Å². The lowest BCUT2D eigenvalue weighted by Crippen LogP contribution is -2.42. The molecular formula is C21H24N2O2S. The molecule has 2 aliphatic heterocycles. The summed E-state index contributed by atoms with van der Waals surface area (Å²) >= 11 is 1.83. The Morgan fingerprint density at radius 3 is 2.77 bits per heavy atom. The lowest BCUT2D eigenvalue weighted by atomic mass is 10.0. The molecule has 5 heteroatoms. The number of thioether (sulfide) groups is 1. The van der Waals surface area contributed by atoms with Gasteiger partial charge >= 0.3 is 0 Å². The predicted molar refractivity (Wildman–Crippen MR) is 106 cm³/mol. The summed E-state index contributed by atoms with van der Waals surface area (Å²) in [5, 5.41) is 0. The van der Waals surface area contributed by atoms with Crippen molar-refractivity contribution in [2.24, 2.45) is 0 Å². The van der Waals surface area contributed by atoms with Gasteiger partial charge in [0.05, 0.1) is 19.3 Å². The monoisotopic (exact) mass is 368 g/mol. The number of para-hydroxylation sites is 1. The van der Waals surface area contributed by atoms with E-state index in [0.717, 1.165) is 43.1 Å². The molecule has 0 radical (unpaired) electrons. The van der Waals surface area contributed by atoms with E-state index in [1.54, 1.807) is 7.11 Å². The molecule has 136 valence electrons. The van der Waals surface area contributed by atoms with Gasteiger partial charge in [-0.05, 0) is 49.2 Å². The average molecular weight is 369 g/mol. The molecule has 1 amide bonds. The molecule has 0 spiro atoms. The molecule has 0 bridgehead atoms. The van der Waals surface area contributed by atoms with Crippen molar-refractivity contribution in [3.63, 3.8) is 0 Å². The summed E-state index contributed by atoms with van der Waals surface area (Å²) in [6.07, 6.45) is 2.24. The standard InChI is InChI=1S/C21H24N2O2S/c1-25-17-10-8-16(9-11-17)18-6-4-12-22(18)15-21(24)23-13-14-26-20-7-3-2-5-19(20)23/h2-3,5,7-11,18H,4,6,12-15H2,1H3/t18-/m1/s1. The Balaban J connectivity index is 1.48. The number of carbonyl (C=O) groups is 1. The second-order valence-electron chi connectivity index (χ2n) is 6.76. The zero-order valence-electron chi connectivity index (χ0n) is 15.1. The van der Waals surface area contributed by atoms with E-state index >= 15 is 0 Å². The molecule has 0 unspecified atom stereocenters. The van der Waals surface area contributed by atoms with E-state index in [0.29, 0.717) is 12.6 Å². The maximum Gasteiger partial charge on any atom is 0.241 e. The topological polar surface area (TPSA) is 32.8 Å². The van der Waals surface area contributed by atoms with Crippen LogP contribution in [0.3, 0.4) is 0 Å². The minimum atomic E-state index is 0.207. The van der Waals surface area contributed by atoms with E-state index in [2.05, 4.69) is 29.2 Å². The molecule has 0 N–H and O–H groups in total. The quantitative estimate of drug-likeness (QED) is 0.817. The third-order valence-electron chi connectivity index (χ3n) is 5.23. The number of methoxy groups -OCH3 is 1. The molecule has 1 saturated heterocycles. The number of hydrogen-bond donors (Lipinski definition) is 0. The van der Waals surface area contributed by atoms with E-state index in [-0.39, 0.29) is 5.91 Å². The van der Waals surface area contributed by atoms with Gasteiger partial charge in [0.15, 0.2) is 0 Å². The van der Waals surface area contributed by atoms with Crippen molar-refractivity contribution in [2.75, 3.05) is 37.4 Å². The Morgan fingerprint density at radius 1 is 1.15 bits per heavy atom. The molecule has 4 rings (SSSR count). The van der Waals surface area contributed by atoms with E-state index in [4.69, 9.17) is 4.74 Å². The Hall–Kier alpha value is -1.98. The van der Waals surface area contributed by atoms with E-state index in [1.807, 2.05) is 40.9 Å². The highest BCUT2D eigenvalue weighted by Crippen LogP contribution is 2.36. The Bertz CT molecular complexity index is 778. The summed E-state index contributed by atoms with van der Waals surface area (Å²) in [5.41, 5.74) is 2.33. The fourth-order valence-electron chi connectivity index (χ4n) is 3.91. The summed E-state index contributed by atoms with van der Waals surface area (Å²) in [6.45, 7) is 2.25. The first-order valence-electron chi connectivity index (χ1n) is 9.16. The summed E-state index contributed by atoms with van der Waals surface area (Å²) < 4.78 is 5.26. The number of benzene rings is 2. The SMILES string of the molecule is COc1ccc([C@H]2CCCN2CC(=O)N2CCSc3ccccc32)cc1. The summed E-state index contributed by atoms with van der Waals surface area (Å²) in [7, 11) is 1.68. The van der Waals surface area contributed by atoms with E-state index < -0.39 is 0 Å². The highest BCUT2D eigenvalue weighted by molar-refractivity contribution is 7.99. The molecule has 0 saturated carbocycles. The number of fused-ring (bicyclic) bond motifs is 1. The second kappa shape index (κ2) is 7.72. The highest BCUT2D eigenvalue weighted by Gasteiger charge is 2.30. The average Bonchev–Trinajstić information content (AvgIpc) is 3.15. The number of hydrogen-bond acceptors (Lipinski definition) is 4. The van der Waals surface area contributed by atoms with Crippen LogP contribution in [0.4, 0.5) is 5.69 Å². The van der Waals surface area contributed by atoms with Gasteiger partial charge in [-0.15, -0.1) is 11.8 Å². The molecule has 1 fully saturated rings. The molecule has 1 atom stereocenters. The minimum Gasteiger partial charge on any atom is -0.497 e. The van der Waals surface area contributed by atoms with Crippen molar-refractivity contribution in [3.8, 4) is 5.75 Å². The normalized spacial score (nSPS) is 20.0. The van der Waals surface area contributed by atoms with Gasteiger partial charge in [0.25, 0.3) is 0 Å². The van der Waals surface area contributed by atoms with Crippen LogP contribution in [0, 0.1) is 0 Å². The number of anilines is 1. The predicted octanol–water partition coefficient (Wildman–Crippen LogP) is 3.97. The molecule has 26 heavy (non-hydrogen) atoms. The second-order valence-corrected chi connectivity index (χ2v) is 7.90. The summed E-state index contributed by atoms with van der Waals surface area (Å²) in [5.74, 6) is 2.04. The molecule has 2 aromatic carbocycles. The van der Waals surface area contributed by atoms with Crippen LogP contribution in [-0.4, -0.2) is 43.3 Å². The number of rotatable bonds is 4. The molecule has 2 aliphatic rings. The van der Waals surface area contributed by atoms with Crippen molar-refractivity contribution < 1.29 is 9.53 Å². The van der Waals surface area contributed by atoms with Crippen LogP contribution in [0.15, 0.2) is 53.4 Å². The molecule has 0 aromatic heterocycles. The van der Waals surface area contributed by atoms with Gasteiger partial charge < -0.3 is 9.64 Å². The number of nitrogens with zero attached hydrogens (tertiary/aromatic N) is 2. The van der Waals surface area contributed by atoms with Crippen LogP contribution in [0.1, 0.15) is 24.4 Å². The lowest BCUT2D eigenvalue weighted by Gasteiger charge is -2.32. The zero-order chi connectivity index (χ0) is 17.9. The van der Waals surface area contributed by atoms with Crippen molar-refractivity contribution in [2.45, 2.75) is 23.8 Å². The molecule has 4 nitrogen and oxygen atoms in total. The molecule has 2 aromatic rings. The number of carbonyl (C=O) groups excluding carboxylic acids is 1. The van der Waals surface area contributed by atoms with Crippen molar-refractivity contribution in [1.29, 1.82) is 0 Å². The van der Waals surface area contributed by atoms with Gasteiger partial charge in [0.2, 0.25) is 5.91 Å². The highest BCUT2D eigenvalue weighted by atomic mass is 32.2. The van der Waals surface area contributed by atoms with Crippen molar-refractivity contribution in [3.05, 3.63) is 54.1 Å². The third kappa shape index (κ3) is 3.46. The van der Waals surface area contributed by atoms with Crippen molar-refractivity contribution >= 4 is 23.4 Å². The van der Waals surface area contributed by atoms with Gasteiger partial charge in [-0.25, -0.2) is 0 Å². The smallest absolute Gasteiger partial charge is 0.241 e. The van der Waals surface area contributed by atoms with E-state index in [1.165, 1.54) is 10.5 Å². The first kappa shape index (κ1) is 17.4. The maximum absolute atomic E-state index is 13.0. The van der Waals surface area contributed by atoms with Crippen LogP contribution in [0.2, 0.25) is 0 Å². The number of ether oxygens (including phenoxy) is 1. The lowest BCUT2D eigenvalue weighted by molar-refractivity contribution is -0.120. The van der Waals surface area contributed by atoms with Crippen LogP contribution in [0.5, 0.6) is 5.75 Å². The van der Waals surface area contributed by atoms with Crippen LogP contribution in [0.25, 0.3) is 0 Å². The van der Waals surface area contributed by atoms with Crippen LogP contribution in [-0.2, 0) is 4.79 Å². The Labute approximate surface area is 159 Å². The maximum atomic E-state index is 13.0. The summed E-state index contributed by atoms with van der Waals surface area (Å²) in [4.78, 5) is 18.6. The fraction of sp³-hybridized carbons (Fsp3) is 0.381.